The Morgan fingerprint density at radius 1 is 1.29 bits per heavy atom. The number of methoxy groups -OCH3 is 2. The van der Waals surface area contributed by atoms with Gasteiger partial charge in [0.15, 0.2) is 6.10 Å². The largest absolute Gasteiger partial charge is 0.497 e. The van der Waals surface area contributed by atoms with E-state index in [0.29, 0.717) is 11.3 Å². The van der Waals surface area contributed by atoms with Crippen LogP contribution in [0.5, 0.6) is 5.75 Å². The van der Waals surface area contributed by atoms with E-state index < -0.39 is 12.1 Å². The summed E-state index contributed by atoms with van der Waals surface area (Å²) in [6, 6.07) is 6.73. The van der Waals surface area contributed by atoms with Gasteiger partial charge in [-0.15, -0.1) is 0 Å². The van der Waals surface area contributed by atoms with Crippen LogP contribution in [-0.4, -0.2) is 25.3 Å². The smallest absolute Gasteiger partial charge is 0.337 e. The molecular formula is C10H12O4. The first-order chi connectivity index (χ1) is 6.69. The highest BCUT2D eigenvalue weighted by Gasteiger charge is 2.18. The fourth-order valence-electron chi connectivity index (χ4n) is 1.16. The zero-order valence-electron chi connectivity index (χ0n) is 8.06. The van der Waals surface area contributed by atoms with E-state index in [4.69, 9.17) is 14.6 Å². The Morgan fingerprint density at radius 2 is 1.86 bits per heavy atom. The van der Waals surface area contributed by atoms with Crippen molar-refractivity contribution in [2.24, 2.45) is 0 Å². The number of hydrogen-bond acceptors (Lipinski definition) is 3. The number of rotatable bonds is 4. The molecule has 1 aromatic rings. The molecule has 0 heterocycles. The van der Waals surface area contributed by atoms with Gasteiger partial charge in [-0.05, 0) is 17.7 Å². The summed E-state index contributed by atoms with van der Waals surface area (Å²) in [5.74, 6) is -0.313. The third-order valence-corrected chi connectivity index (χ3v) is 1.88. The Bertz CT molecular complexity index is 304. The van der Waals surface area contributed by atoms with Gasteiger partial charge >= 0.3 is 5.97 Å². The first kappa shape index (κ1) is 10.5. The molecule has 1 atom stereocenters. The molecule has 14 heavy (non-hydrogen) atoms. The number of hydrogen-bond donors (Lipinski definition) is 1. The number of carbonyl (C=O) groups is 1. The number of carboxylic acid groups (broad SMARTS) is 1. The standard InChI is InChI=1S/C10H12O4/c1-13-8-5-3-7(4-6-8)9(14-2)10(11)12/h3-6,9H,1-2H3,(H,11,12). The number of aliphatic carboxylic acids is 1. The summed E-state index contributed by atoms with van der Waals surface area (Å²) in [7, 11) is 2.92. The molecule has 0 saturated carbocycles. The molecule has 4 heteroatoms. The molecule has 0 fully saturated rings. The lowest BCUT2D eigenvalue weighted by Crippen LogP contribution is -2.13. The molecule has 0 saturated heterocycles. The van der Waals surface area contributed by atoms with Crippen molar-refractivity contribution < 1.29 is 19.4 Å². The van der Waals surface area contributed by atoms with Crippen LogP contribution in [0.4, 0.5) is 0 Å². The van der Waals surface area contributed by atoms with Gasteiger partial charge in [0.25, 0.3) is 0 Å². The third kappa shape index (κ3) is 2.23. The Labute approximate surface area is 82.1 Å². The second-order valence-electron chi connectivity index (χ2n) is 2.73. The molecule has 1 N–H and O–H groups in total. The van der Waals surface area contributed by atoms with E-state index in [9.17, 15) is 4.79 Å². The van der Waals surface area contributed by atoms with Crippen LogP contribution in [0.25, 0.3) is 0 Å². The van der Waals surface area contributed by atoms with Crippen molar-refractivity contribution in [2.45, 2.75) is 6.10 Å². The Kier molecular flexibility index (Phi) is 3.48. The second-order valence-corrected chi connectivity index (χ2v) is 2.73. The predicted molar refractivity (Wildman–Crippen MR) is 50.4 cm³/mol. The van der Waals surface area contributed by atoms with Crippen LogP contribution in [0.2, 0.25) is 0 Å². The lowest BCUT2D eigenvalue weighted by Gasteiger charge is -2.10. The van der Waals surface area contributed by atoms with Crippen molar-refractivity contribution in [1.82, 2.24) is 0 Å². The van der Waals surface area contributed by atoms with Crippen LogP contribution in [0.15, 0.2) is 24.3 Å². The Balaban J connectivity index is 2.89. The van der Waals surface area contributed by atoms with Crippen molar-refractivity contribution in [3.05, 3.63) is 29.8 Å². The highest BCUT2D eigenvalue weighted by molar-refractivity contribution is 5.74. The van der Waals surface area contributed by atoms with Gasteiger partial charge in [0, 0.05) is 7.11 Å². The molecule has 0 aliphatic heterocycles. The molecule has 0 amide bonds. The van der Waals surface area contributed by atoms with Gasteiger partial charge in [-0.1, -0.05) is 12.1 Å². The summed E-state index contributed by atoms with van der Waals surface area (Å²) < 4.78 is 9.79. The van der Waals surface area contributed by atoms with Crippen molar-refractivity contribution >= 4 is 5.97 Å². The molecular weight excluding hydrogens is 184 g/mol. The van der Waals surface area contributed by atoms with E-state index >= 15 is 0 Å². The van der Waals surface area contributed by atoms with Gasteiger partial charge in [0.2, 0.25) is 0 Å². The van der Waals surface area contributed by atoms with E-state index in [0.717, 1.165) is 0 Å². The Morgan fingerprint density at radius 3 is 2.21 bits per heavy atom. The minimum atomic E-state index is -1.00. The number of benzene rings is 1. The summed E-state index contributed by atoms with van der Waals surface area (Å²) >= 11 is 0. The highest BCUT2D eigenvalue weighted by atomic mass is 16.5. The summed E-state index contributed by atoms with van der Waals surface area (Å²) in [5, 5.41) is 8.80. The molecule has 0 spiro atoms. The lowest BCUT2D eigenvalue weighted by molar-refractivity contribution is -0.148. The number of carboxylic acids is 1. The first-order valence-electron chi connectivity index (χ1n) is 4.08. The molecule has 1 rings (SSSR count). The summed E-state index contributed by atoms with van der Waals surface area (Å²) in [5.41, 5.74) is 0.598. The van der Waals surface area contributed by atoms with Crippen molar-refractivity contribution in [3.8, 4) is 5.75 Å². The molecule has 4 nitrogen and oxygen atoms in total. The predicted octanol–water partition coefficient (Wildman–Crippen LogP) is 1.47. The van der Waals surface area contributed by atoms with Crippen LogP contribution in [-0.2, 0) is 9.53 Å². The summed E-state index contributed by atoms with van der Waals surface area (Å²) in [6.07, 6.45) is -0.916. The fraction of sp³-hybridized carbons (Fsp3) is 0.300. The molecule has 1 aromatic carbocycles. The Hall–Kier alpha value is -1.55. The van der Waals surface area contributed by atoms with Gasteiger partial charge in [0.05, 0.1) is 7.11 Å². The van der Waals surface area contributed by atoms with Crippen LogP contribution < -0.4 is 4.74 Å². The maximum Gasteiger partial charge on any atom is 0.337 e. The molecule has 0 aromatic heterocycles. The van der Waals surface area contributed by atoms with Crippen LogP contribution >= 0.6 is 0 Å². The molecule has 0 radical (unpaired) electrons. The van der Waals surface area contributed by atoms with E-state index in [2.05, 4.69) is 0 Å². The highest BCUT2D eigenvalue weighted by Crippen LogP contribution is 2.19. The second kappa shape index (κ2) is 4.62. The average molecular weight is 196 g/mol. The lowest BCUT2D eigenvalue weighted by atomic mass is 10.1. The molecule has 1 unspecified atom stereocenters. The minimum absolute atomic E-state index is 0.598. The van der Waals surface area contributed by atoms with E-state index in [-0.39, 0.29) is 0 Å². The van der Waals surface area contributed by atoms with Crippen molar-refractivity contribution in [3.63, 3.8) is 0 Å². The summed E-state index contributed by atoms with van der Waals surface area (Å²) in [4.78, 5) is 10.7. The van der Waals surface area contributed by atoms with Crippen LogP contribution in [0.3, 0.4) is 0 Å². The minimum Gasteiger partial charge on any atom is -0.497 e. The third-order valence-electron chi connectivity index (χ3n) is 1.88. The maximum absolute atomic E-state index is 10.7. The molecule has 0 aliphatic rings. The van der Waals surface area contributed by atoms with Gasteiger partial charge in [-0.3, -0.25) is 0 Å². The van der Waals surface area contributed by atoms with Gasteiger partial charge in [-0.25, -0.2) is 4.79 Å². The maximum atomic E-state index is 10.7. The van der Waals surface area contributed by atoms with Crippen molar-refractivity contribution in [2.75, 3.05) is 14.2 Å². The molecule has 76 valence electrons. The summed E-state index contributed by atoms with van der Waals surface area (Å²) in [6.45, 7) is 0. The van der Waals surface area contributed by atoms with Crippen LogP contribution in [0.1, 0.15) is 11.7 Å². The average Bonchev–Trinajstić information content (AvgIpc) is 2.19. The van der Waals surface area contributed by atoms with E-state index in [1.165, 1.54) is 7.11 Å². The zero-order valence-corrected chi connectivity index (χ0v) is 8.06. The van der Waals surface area contributed by atoms with Gasteiger partial charge in [-0.2, -0.15) is 0 Å². The van der Waals surface area contributed by atoms with Crippen molar-refractivity contribution in [1.29, 1.82) is 0 Å². The monoisotopic (exact) mass is 196 g/mol. The van der Waals surface area contributed by atoms with E-state index in [1.54, 1.807) is 31.4 Å². The first-order valence-corrected chi connectivity index (χ1v) is 4.08. The van der Waals surface area contributed by atoms with E-state index in [1.807, 2.05) is 0 Å². The fourth-order valence-corrected chi connectivity index (χ4v) is 1.16. The van der Waals surface area contributed by atoms with Gasteiger partial charge < -0.3 is 14.6 Å². The topological polar surface area (TPSA) is 55.8 Å². The molecule has 0 aliphatic carbocycles. The normalized spacial score (nSPS) is 12.1. The number of ether oxygens (including phenoxy) is 2. The quantitative estimate of drug-likeness (QED) is 0.792. The SMILES string of the molecule is COc1ccc(C(OC)C(=O)O)cc1. The van der Waals surface area contributed by atoms with Crippen LogP contribution in [0, 0.1) is 0 Å². The van der Waals surface area contributed by atoms with Gasteiger partial charge in [0.1, 0.15) is 5.75 Å². The molecule has 0 bridgehead atoms. The zero-order chi connectivity index (χ0) is 10.6.